The fourth-order valence-electron chi connectivity index (χ4n) is 2.53. The Balaban J connectivity index is 1.91. The maximum atomic E-state index is 10.7. The van der Waals surface area contributed by atoms with Crippen LogP contribution in [0.4, 0.5) is 0 Å². The van der Waals surface area contributed by atoms with Gasteiger partial charge in [-0.05, 0) is 6.42 Å². The molecule has 2 aliphatic heterocycles. The summed E-state index contributed by atoms with van der Waals surface area (Å²) in [6.07, 6.45) is 1.47. The van der Waals surface area contributed by atoms with Crippen molar-refractivity contribution < 1.29 is 14.3 Å². The lowest BCUT2D eigenvalue weighted by molar-refractivity contribution is -0.127. The van der Waals surface area contributed by atoms with Gasteiger partial charge in [0, 0.05) is 38.8 Å². The van der Waals surface area contributed by atoms with Crippen molar-refractivity contribution in [3.63, 3.8) is 0 Å². The number of carbonyl (C=O) groups is 1. The first-order valence-corrected chi connectivity index (χ1v) is 5.88. The van der Waals surface area contributed by atoms with Crippen LogP contribution in [0.25, 0.3) is 0 Å². The van der Waals surface area contributed by atoms with Crippen molar-refractivity contribution in [1.29, 1.82) is 0 Å². The van der Waals surface area contributed by atoms with E-state index in [0.29, 0.717) is 18.7 Å². The van der Waals surface area contributed by atoms with Crippen LogP contribution >= 0.6 is 0 Å². The van der Waals surface area contributed by atoms with Gasteiger partial charge in [0.1, 0.15) is 12.4 Å². The molecule has 16 heavy (non-hydrogen) atoms. The van der Waals surface area contributed by atoms with Gasteiger partial charge in [-0.3, -0.25) is 4.90 Å². The first kappa shape index (κ1) is 12.0. The van der Waals surface area contributed by atoms with Gasteiger partial charge in [0.05, 0.1) is 13.2 Å². The highest BCUT2D eigenvalue weighted by atomic mass is 16.5. The maximum absolute atomic E-state index is 10.7. The monoisotopic (exact) mass is 228 g/mol. The zero-order valence-corrected chi connectivity index (χ0v) is 9.72. The van der Waals surface area contributed by atoms with Crippen LogP contribution in [-0.2, 0) is 14.3 Å². The number of piperazine rings is 1. The quantitative estimate of drug-likeness (QED) is 0.643. The van der Waals surface area contributed by atoms with E-state index in [1.54, 1.807) is 7.11 Å². The summed E-state index contributed by atoms with van der Waals surface area (Å²) in [7, 11) is 1.72. The molecule has 2 heterocycles. The molecule has 5 nitrogen and oxygen atoms in total. The second-order valence-corrected chi connectivity index (χ2v) is 4.40. The van der Waals surface area contributed by atoms with E-state index in [1.165, 1.54) is 0 Å². The molecule has 5 heteroatoms. The molecule has 92 valence electrons. The highest BCUT2D eigenvalue weighted by Crippen LogP contribution is 2.20. The molecule has 0 amide bonds. The van der Waals surface area contributed by atoms with Gasteiger partial charge in [-0.1, -0.05) is 0 Å². The molecule has 0 aromatic rings. The van der Waals surface area contributed by atoms with Crippen molar-refractivity contribution in [3.05, 3.63) is 0 Å². The molecule has 0 aromatic carbocycles. The number of ether oxygens (including phenoxy) is 2. The Hall–Kier alpha value is -0.490. The molecular formula is C11H20N2O3. The smallest absolute Gasteiger partial charge is 0.148 e. The van der Waals surface area contributed by atoms with Crippen LogP contribution < -0.4 is 5.32 Å². The summed E-state index contributed by atoms with van der Waals surface area (Å²) in [6.45, 7) is 4.34. The minimum atomic E-state index is -0.226. The largest absolute Gasteiger partial charge is 0.383 e. The summed E-state index contributed by atoms with van der Waals surface area (Å²) in [5.74, 6) is 0. The number of hydrogen-bond donors (Lipinski definition) is 1. The summed E-state index contributed by atoms with van der Waals surface area (Å²) in [5, 5.41) is 3.47. The van der Waals surface area contributed by atoms with Crippen molar-refractivity contribution in [2.24, 2.45) is 0 Å². The third-order valence-electron chi connectivity index (χ3n) is 3.44. The van der Waals surface area contributed by atoms with Crippen molar-refractivity contribution in [1.82, 2.24) is 10.2 Å². The SMILES string of the molecule is COCCN1CCN[C@H]2C[C@H](C=O)OC[C@H]21. The Bertz CT molecular complexity index is 237. The maximum Gasteiger partial charge on any atom is 0.148 e. The van der Waals surface area contributed by atoms with E-state index in [-0.39, 0.29) is 6.10 Å². The number of methoxy groups -OCH3 is 1. The van der Waals surface area contributed by atoms with E-state index in [4.69, 9.17) is 9.47 Å². The number of nitrogens with one attached hydrogen (secondary N) is 1. The summed E-state index contributed by atoms with van der Waals surface area (Å²) in [6, 6.07) is 0.773. The lowest BCUT2D eigenvalue weighted by atomic mass is 9.95. The Morgan fingerprint density at radius 2 is 2.50 bits per heavy atom. The zero-order valence-electron chi connectivity index (χ0n) is 9.72. The predicted molar refractivity (Wildman–Crippen MR) is 59.4 cm³/mol. The van der Waals surface area contributed by atoms with E-state index < -0.39 is 0 Å². The van der Waals surface area contributed by atoms with Crippen LogP contribution in [0.2, 0.25) is 0 Å². The normalized spacial score (nSPS) is 35.7. The average molecular weight is 228 g/mol. The molecule has 2 fully saturated rings. The number of nitrogens with zero attached hydrogens (tertiary/aromatic N) is 1. The van der Waals surface area contributed by atoms with Gasteiger partial charge in [0.2, 0.25) is 0 Å². The minimum absolute atomic E-state index is 0.226. The number of fused-ring (bicyclic) bond motifs is 1. The molecule has 2 saturated heterocycles. The Labute approximate surface area is 96.1 Å². The van der Waals surface area contributed by atoms with Crippen molar-refractivity contribution in [2.75, 3.05) is 40.0 Å². The molecule has 2 aliphatic rings. The Kier molecular flexibility index (Phi) is 4.29. The number of rotatable bonds is 4. The number of hydrogen-bond acceptors (Lipinski definition) is 5. The van der Waals surface area contributed by atoms with E-state index >= 15 is 0 Å². The highest BCUT2D eigenvalue weighted by molar-refractivity contribution is 5.56. The lowest BCUT2D eigenvalue weighted by Gasteiger charge is -2.45. The minimum Gasteiger partial charge on any atom is -0.383 e. The third kappa shape index (κ3) is 2.60. The first-order chi connectivity index (χ1) is 7.85. The third-order valence-corrected chi connectivity index (χ3v) is 3.44. The predicted octanol–water partition coefficient (Wildman–Crippen LogP) is -0.737. The van der Waals surface area contributed by atoms with Gasteiger partial charge in [0.15, 0.2) is 0 Å². The highest BCUT2D eigenvalue weighted by Gasteiger charge is 2.36. The lowest BCUT2D eigenvalue weighted by Crippen LogP contribution is -2.63. The summed E-state index contributed by atoms with van der Waals surface area (Å²) < 4.78 is 10.6. The molecule has 3 atom stereocenters. The first-order valence-electron chi connectivity index (χ1n) is 5.88. The van der Waals surface area contributed by atoms with E-state index in [1.807, 2.05) is 0 Å². The summed E-state index contributed by atoms with van der Waals surface area (Å²) in [5.41, 5.74) is 0. The topological polar surface area (TPSA) is 50.8 Å². The van der Waals surface area contributed by atoms with Gasteiger partial charge >= 0.3 is 0 Å². The van der Waals surface area contributed by atoms with Gasteiger partial charge < -0.3 is 19.6 Å². The van der Waals surface area contributed by atoms with E-state index in [2.05, 4.69) is 10.2 Å². The fourth-order valence-corrected chi connectivity index (χ4v) is 2.53. The molecule has 0 unspecified atom stereocenters. The van der Waals surface area contributed by atoms with Crippen LogP contribution in [0, 0.1) is 0 Å². The fraction of sp³-hybridized carbons (Fsp3) is 0.909. The standard InChI is InChI=1S/C11H20N2O3/c1-15-5-4-13-3-2-12-10-6-9(7-14)16-8-11(10)13/h7,9-12H,2-6,8H2,1H3/t9-,10+,11-/m1/s1. The van der Waals surface area contributed by atoms with Crippen molar-refractivity contribution in [3.8, 4) is 0 Å². The van der Waals surface area contributed by atoms with Crippen molar-refractivity contribution in [2.45, 2.75) is 24.6 Å². The number of carbonyl (C=O) groups excluding carboxylic acids is 1. The molecule has 1 N–H and O–H groups in total. The molecule has 0 aromatic heterocycles. The van der Waals surface area contributed by atoms with E-state index in [0.717, 1.165) is 38.9 Å². The van der Waals surface area contributed by atoms with Gasteiger partial charge in [-0.2, -0.15) is 0 Å². The molecular weight excluding hydrogens is 208 g/mol. The van der Waals surface area contributed by atoms with Crippen LogP contribution in [0.5, 0.6) is 0 Å². The van der Waals surface area contributed by atoms with E-state index in [9.17, 15) is 4.79 Å². The van der Waals surface area contributed by atoms with Gasteiger partial charge in [-0.25, -0.2) is 0 Å². The van der Waals surface area contributed by atoms with Crippen LogP contribution in [0.15, 0.2) is 0 Å². The summed E-state index contributed by atoms with van der Waals surface area (Å²) in [4.78, 5) is 13.1. The second-order valence-electron chi connectivity index (χ2n) is 4.40. The molecule has 0 spiro atoms. The molecule has 0 radical (unpaired) electrons. The Morgan fingerprint density at radius 1 is 1.62 bits per heavy atom. The second kappa shape index (κ2) is 5.72. The average Bonchev–Trinajstić information content (AvgIpc) is 2.35. The van der Waals surface area contributed by atoms with Crippen LogP contribution in [-0.4, -0.2) is 69.3 Å². The molecule has 2 rings (SSSR count). The Morgan fingerprint density at radius 3 is 3.25 bits per heavy atom. The van der Waals surface area contributed by atoms with Gasteiger partial charge in [0.25, 0.3) is 0 Å². The molecule has 0 saturated carbocycles. The zero-order chi connectivity index (χ0) is 11.4. The number of aldehydes is 1. The van der Waals surface area contributed by atoms with Crippen molar-refractivity contribution >= 4 is 6.29 Å². The summed E-state index contributed by atoms with van der Waals surface area (Å²) >= 11 is 0. The molecule has 0 aliphatic carbocycles. The molecule has 0 bridgehead atoms. The van der Waals surface area contributed by atoms with Crippen LogP contribution in [0.1, 0.15) is 6.42 Å². The van der Waals surface area contributed by atoms with Crippen LogP contribution in [0.3, 0.4) is 0 Å². The van der Waals surface area contributed by atoms with Gasteiger partial charge in [-0.15, -0.1) is 0 Å².